The van der Waals surface area contributed by atoms with Crippen LogP contribution >= 0.6 is 11.6 Å². The Balaban J connectivity index is 1.76. The Bertz CT molecular complexity index is 712. The second kappa shape index (κ2) is 6.72. The van der Waals surface area contributed by atoms with Crippen molar-refractivity contribution in [1.29, 1.82) is 0 Å². The predicted octanol–water partition coefficient (Wildman–Crippen LogP) is 2.49. The van der Waals surface area contributed by atoms with Gasteiger partial charge in [-0.15, -0.1) is 0 Å². The van der Waals surface area contributed by atoms with Crippen LogP contribution in [0.2, 0.25) is 5.02 Å². The number of aromatic nitrogens is 2. The van der Waals surface area contributed by atoms with Crippen molar-refractivity contribution in [2.75, 3.05) is 0 Å². The Morgan fingerprint density at radius 2 is 2.26 bits per heavy atom. The molecule has 2 aromatic rings. The molecule has 1 aromatic heterocycles. The Hall–Kier alpha value is -1.85. The lowest BCUT2D eigenvalue weighted by Crippen LogP contribution is -2.48. The lowest BCUT2D eigenvalue weighted by molar-refractivity contribution is -0.124. The number of rotatable bonds is 4. The summed E-state index contributed by atoms with van der Waals surface area (Å²) < 4.78 is 1.82. The first-order chi connectivity index (χ1) is 11.1. The third-order valence-electron chi connectivity index (χ3n) is 4.51. The van der Waals surface area contributed by atoms with Crippen molar-refractivity contribution >= 4 is 17.5 Å². The Morgan fingerprint density at radius 1 is 1.43 bits per heavy atom. The summed E-state index contributed by atoms with van der Waals surface area (Å²) >= 11 is 6.19. The number of carbonyl (C=O) groups is 1. The quantitative estimate of drug-likeness (QED) is 0.904. The summed E-state index contributed by atoms with van der Waals surface area (Å²) in [7, 11) is 1.90. The minimum absolute atomic E-state index is 0.0664. The monoisotopic (exact) mass is 332 g/mol. The van der Waals surface area contributed by atoms with Crippen LogP contribution in [0.4, 0.5) is 0 Å². The highest BCUT2D eigenvalue weighted by Crippen LogP contribution is 2.25. The number of piperidine rings is 1. The lowest BCUT2D eigenvalue weighted by Gasteiger charge is -2.33. The van der Waals surface area contributed by atoms with E-state index in [1.807, 2.05) is 36.9 Å². The van der Waals surface area contributed by atoms with Crippen molar-refractivity contribution in [1.82, 2.24) is 20.4 Å². The molecule has 1 aliphatic heterocycles. The van der Waals surface area contributed by atoms with E-state index < -0.39 is 0 Å². The molecule has 1 saturated heterocycles. The fourth-order valence-corrected chi connectivity index (χ4v) is 3.27. The molecule has 1 fully saturated rings. The van der Waals surface area contributed by atoms with Gasteiger partial charge in [0.2, 0.25) is 5.91 Å². The highest BCUT2D eigenvalue weighted by Gasteiger charge is 2.31. The predicted molar refractivity (Wildman–Crippen MR) is 90.1 cm³/mol. The van der Waals surface area contributed by atoms with Gasteiger partial charge in [0.05, 0.1) is 11.7 Å². The van der Waals surface area contributed by atoms with E-state index in [4.69, 9.17) is 11.6 Å². The fraction of sp³-hybridized carbons (Fsp3) is 0.412. The number of amides is 1. The van der Waals surface area contributed by atoms with Crippen LogP contribution in [-0.2, 0) is 18.4 Å². The smallest absolute Gasteiger partial charge is 0.220 e. The third-order valence-corrected chi connectivity index (χ3v) is 4.92. The van der Waals surface area contributed by atoms with Gasteiger partial charge in [0.15, 0.2) is 0 Å². The number of nitrogens with zero attached hydrogens (tertiary/aromatic N) is 2. The molecule has 23 heavy (non-hydrogen) atoms. The second-order valence-electron chi connectivity index (χ2n) is 5.97. The van der Waals surface area contributed by atoms with Crippen molar-refractivity contribution in [2.24, 2.45) is 7.05 Å². The molecule has 0 saturated carbocycles. The van der Waals surface area contributed by atoms with E-state index in [0.29, 0.717) is 6.42 Å². The Labute approximate surface area is 141 Å². The van der Waals surface area contributed by atoms with Crippen LogP contribution in [0, 0.1) is 6.92 Å². The van der Waals surface area contributed by atoms with Gasteiger partial charge in [0.1, 0.15) is 0 Å². The van der Waals surface area contributed by atoms with Gasteiger partial charge in [-0.05, 0) is 36.6 Å². The topological polar surface area (TPSA) is 59.0 Å². The summed E-state index contributed by atoms with van der Waals surface area (Å²) in [6.07, 6.45) is 3.11. The number of halogens is 1. The van der Waals surface area contributed by atoms with E-state index in [-0.39, 0.29) is 18.0 Å². The van der Waals surface area contributed by atoms with E-state index in [1.54, 1.807) is 6.20 Å². The van der Waals surface area contributed by atoms with Crippen molar-refractivity contribution in [3.05, 3.63) is 52.3 Å². The molecule has 5 nitrogen and oxygen atoms in total. The molecule has 3 rings (SSSR count). The van der Waals surface area contributed by atoms with Gasteiger partial charge in [0.25, 0.3) is 0 Å². The van der Waals surface area contributed by atoms with Crippen molar-refractivity contribution in [2.45, 2.75) is 38.4 Å². The molecule has 1 aromatic carbocycles. The Morgan fingerprint density at radius 3 is 3.00 bits per heavy atom. The molecule has 0 spiro atoms. The van der Waals surface area contributed by atoms with Gasteiger partial charge in [0, 0.05) is 37.3 Å². The zero-order valence-electron chi connectivity index (χ0n) is 13.3. The van der Waals surface area contributed by atoms with Crippen LogP contribution < -0.4 is 10.6 Å². The molecular weight excluding hydrogens is 312 g/mol. The molecule has 6 heteroatoms. The molecule has 0 bridgehead atoms. The highest BCUT2D eigenvalue weighted by molar-refractivity contribution is 6.31. The molecule has 2 N–H and O–H groups in total. The minimum Gasteiger partial charge on any atom is -0.346 e. The normalized spacial score (nSPS) is 21.3. The number of hydrogen-bond donors (Lipinski definition) is 2. The molecule has 0 radical (unpaired) electrons. The molecule has 0 unspecified atom stereocenters. The molecular formula is C17H21ClN4O. The maximum atomic E-state index is 11.8. The summed E-state index contributed by atoms with van der Waals surface area (Å²) in [4.78, 5) is 11.8. The fourth-order valence-electron chi connectivity index (χ4n) is 3.07. The molecule has 0 aliphatic carbocycles. The first kappa shape index (κ1) is 16.0. The highest BCUT2D eigenvalue weighted by atomic mass is 35.5. The van der Waals surface area contributed by atoms with E-state index >= 15 is 0 Å². The summed E-state index contributed by atoms with van der Waals surface area (Å²) in [5, 5.41) is 11.7. The minimum atomic E-state index is -0.0664. The van der Waals surface area contributed by atoms with Gasteiger partial charge in [-0.3, -0.25) is 9.48 Å². The van der Waals surface area contributed by atoms with Crippen LogP contribution in [-0.4, -0.2) is 21.7 Å². The number of aryl methyl sites for hydroxylation is 1. The van der Waals surface area contributed by atoms with E-state index in [1.165, 1.54) is 5.56 Å². The number of nitrogens with one attached hydrogen (secondary N) is 2. The SMILES string of the molecule is Cc1c(Cl)cccc1CN[C@@H]1CCC(=O)N[C@H]1c1ccnn1C. The number of hydrogen-bond acceptors (Lipinski definition) is 3. The van der Waals surface area contributed by atoms with Gasteiger partial charge in [-0.1, -0.05) is 23.7 Å². The van der Waals surface area contributed by atoms with Gasteiger partial charge in [-0.25, -0.2) is 0 Å². The number of carbonyl (C=O) groups excluding carboxylic acids is 1. The largest absolute Gasteiger partial charge is 0.346 e. The standard InChI is InChI=1S/C17H21ClN4O/c1-11-12(4-3-5-13(11)18)10-19-14-6-7-16(23)21-17(14)15-8-9-20-22(15)2/h3-5,8-9,14,17,19H,6-7,10H2,1-2H3,(H,21,23)/t14-,17-/m1/s1. The van der Waals surface area contributed by atoms with Gasteiger partial charge in [-0.2, -0.15) is 5.10 Å². The summed E-state index contributed by atoms with van der Waals surface area (Å²) in [5.74, 6) is 0.0909. The van der Waals surface area contributed by atoms with Gasteiger partial charge < -0.3 is 10.6 Å². The van der Waals surface area contributed by atoms with Crippen molar-refractivity contribution in [3.8, 4) is 0 Å². The average molecular weight is 333 g/mol. The van der Waals surface area contributed by atoms with Crippen molar-refractivity contribution < 1.29 is 4.79 Å². The third kappa shape index (κ3) is 3.41. The van der Waals surface area contributed by atoms with Gasteiger partial charge >= 0.3 is 0 Å². The number of benzene rings is 1. The molecule has 1 amide bonds. The maximum absolute atomic E-state index is 11.8. The first-order valence-corrected chi connectivity index (χ1v) is 8.18. The molecule has 2 atom stereocenters. The van der Waals surface area contributed by atoms with E-state index in [9.17, 15) is 4.79 Å². The molecule has 2 heterocycles. The van der Waals surface area contributed by atoms with Crippen LogP contribution in [0.3, 0.4) is 0 Å². The zero-order chi connectivity index (χ0) is 16.4. The Kier molecular flexibility index (Phi) is 4.68. The molecule has 122 valence electrons. The lowest BCUT2D eigenvalue weighted by atomic mass is 9.94. The zero-order valence-corrected chi connectivity index (χ0v) is 14.1. The summed E-state index contributed by atoms with van der Waals surface area (Å²) in [5.41, 5.74) is 3.29. The summed E-state index contributed by atoms with van der Waals surface area (Å²) in [6.45, 7) is 2.75. The van der Waals surface area contributed by atoms with Crippen LogP contribution in [0.25, 0.3) is 0 Å². The van der Waals surface area contributed by atoms with Crippen molar-refractivity contribution in [3.63, 3.8) is 0 Å². The molecule has 1 aliphatic rings. The second-order valence-corrected chi connectivity index (χ2v) is 6.38. The average Bonchev–Trinajstić information content (AvgIpc) is 2.95. The van der Waals surface area contributed by atoms with Crippen LogP contribution in [0.15, 0.2) is 30.5 Å². The van der Waals surface area contributed by atoms with E-state index in [0.717, 1.165) is 29.2 Å². The first-order valence-electron chi connectivity index (χ1n) is 7.81. The summed E-state index contributed by atoms with van der Waals surface area (Å²) in [6, 6.07) is 8.00. The van der Waals surface area contributed by atoms with E-state index in [2.05, 4.69) is 21.8 Å². The maximum Gasteiger partial charge on any atom is 0.220 e. The van der Waals surface area contributed by atoms with Crippen LogP contribution in [0.1, 0.15) is 35.7 Å². The van der Waals surface area contributed by atoms with Crippen LogP contribution in [0.5, 0.6) is 0 Å².